The molecule has 0 radical (unpaired) electrons. The first-order valence-corrected chi connectivity index (χ1v) is 7.78. The smallest absolute Gasteiger partial charge is 0.150 e. The Morgan fingerprint density at radius 3 is 2.65 bits per heavy atom. The molecule has 1 aliphatic heterocycles. The van der Waals surface area contributed by atoms with Crippen LogP contribution in [0.4, 0.5) is 0 Å². The van der Waals surface area contributed by atoms with Gasteiger partial charge in [-0.1, -0.05) is 24.3 Å². The summed E-state index contributed by atoms with van der Waals surface area (Å²) >= 11 is 0. The van der Waals surface area contributed by atoms with Crippen LogP contribution in [0.5, 0.6) is 0 Å². The summed E-state index contributed by atoms with van der Waals surface area (Å²) in [5, 5.41) is 3.73. The van der Waals surface area contributed by atoms with E-state index in [1.54, 1.807) is 0 Å². The Kier molecular flexibility index (Phi) is 2.93. The van der Waals surface area contributed by atoms with Gasteiger partial charge in [-0.3, -0.25) is 9.69 Å². The van der Waals surface area contributed by atoms with Gasteiger partial charge < -0.3 is 5.32 Å². The topological polar surface area (TPSA) is 32.3 Å². The lowest BCUT2D eigenvalue weighted by atomic mass is 9.60. The molecular formula is C17H22N2O. The van der Waals surface area contributed by atoms with Crippen molar-refractivity contribution in [3.8, 4) is 0 Å². The highest BCUT2D eigenvalue weighted by Gasteiger charge is 2.52. The fourth-order valence-corrected chi connectivity index (χ4v) is 3.99. The van der Waals surface area contributed by atoms with Crippen LogP contribution in [-0.2, 0) is 6.54 Å². The van der Waals surface area contributed by atoms with E-state index in [0.717, 1.165) is 30.5 Å². The van der Waals surface area contributed by atoms with E-state index in [0.29, 0.717) is 5.41 Å². The van der Waals surface area contributed by atoms with Crippen LogP contribution in [-0.4, -0.2) is 36.4 Å². The zero-order valence-corrected chi connectivity index (χ0v) is 11.8. The minimum absolute atomic E-state index is 0.600. The van der Waals surface area contributed by atoms with E-state index in [2.05, 4.69) is 16.3 Å². The zero-order chi connectivity index (χ0) is 13.6. The molecule has 1 heterocycles. The first kappa shape index (κ1) is 12.5. The Bertz CT molecular complexity index is 509. The molecule has 106 valence electrons. The maximum absolute atomic E-state index is 11.0. The Balaban J connectivity index is 1.28. The molecule has 3 heteroatoms. The van der Waals surface area contributed by atoms with Gasteiger partial charge in [-0.15, -0.1) is 0 Å². The van der Waals surface area contributed by atoms with Crippen molar-refractivity contribution in [1.82, 2.24) is 10.2 Å². The fourth-order valence-electron chi connectivity index (χ4n) is 3.99. The van der Waals surface area contributed by atoms with Crippen molar-refractivity contribution < 1.29 is 4.79 Å². The van der Waals surface area contributed by atoms with Crippen LogP contribution in [0.3, 0.4) is 0 Å². The number of rotatable bonds is 5. The Morgan fingerprint density at radius 1 is 1.20 bits per heavy atom. The molecule has 0 unspecified atom stereocenters. The van der Waals surface area contributed by atoms with E-state index in [1.807, 2.05) is 18.2 Å². The highest BCUT2D eigenvalue weighted by atomic mass is 16.1. The normalized spacial score (nSPS) is 25.2. The maximum atomic E-state index is 11.0. The minimum atomic E-state index is 0.600. The van der Waals surface area contributed by atoms with Gasteiger partial charge in [0.05, 0.1) is 0 Å². The minimum Gasteiger partial charge on any atom is -0.311 e. The molecule has 0 bridgehead atoms. The van der Waals surface area contributed by atoms with Gasteiger partial charge in [-0.05, 0) is 36.7 Å². The fraction of sp³-hybridized carbons (Fsp3) is 0.588. The van der Waals surface area contributed by atoms with Crippen molar-refractivity contribution in [1.29, 1.82) is 0 Å². The summed E-state index contributed by atoms with van der Waals surface area (Å²) in [6, 6.07) is 9.57. The maximum Gasteiger partial charge on any atom is 0.150 e. The van der Waals surface area contributed by atoms with Gasteiger partial charge in [0, 0.05) is 37.3 Å². The largest absolute Gasteiger partial charge is 0.311 e. The molecule has 3 aliphatic rings. The van der Waals surface area contributed by atoms with Gasteiger partial charge in [0.15, 0.2) is 0 Å². The number of benzene rings is 1. The summed E-state index contributed by atoms with van der Waals surface area (Å²) in [6.07, 6.45) is 6.46. The number of hydrogen-bond acceptors (Lipinski definition) is 3. The molecule has 1 aromatic rings. The SMILES string of the molecule is O=Cc1ccccc1CN1CC2(CC(NC3CC3)C2)C1. The van der Waals surface area contributed by atoms with Crippen molar-refractivity contribution in [3.05, 3.63) is 35.4 Å². The van der Waals surface area contributed by atoms with Crippen molar-refractivity contribution in [2.24, 2.45) is 5.41 Å². The number of carbonyl (C=O) groups excluding carboxylic acids is 1. The van der Waals surface area contributed by atoms with Crippen LogP contribution < -0.4 is 5.32 Å². The van der Waals surface area contributed by atoms with E-state index in [-0.39, 0.29) is 0 Å². The van der Waals surface area contributed by atoms with Gasteiger partial charge in [-0.2, -0.15) is 0 Å². The van der Waals surface area contributed by atoms with E-state index < -0.39 is 0 Å². The summed E-state index contributed by atoms with van der Waals surface area (Å²) in [4.78, 5) is 13.5. The Morgan fingerprint density at radius 2 is 1.95 bits per heavy atom. The van der Waals surface area contributed by atoms with Crippen LogP contribution in [0, 0.1) is 5.41 Å². The molecular weight excluding hydrogens is 248 g/mol. The third-order valence-electron chi connectivity index (χ3n) is 5.10. The third-order valence-corrected chi connectivity index (χ3v) is 5.10. The number of hydrogen-bond donors (Lipinski definition) is 1. The highest BCUT2D eigenvalue weighted by molar-refractivity contribution is 5.77. The first-order chi connectivity index (χ1) is 9.76. The summed E-state index contributed by atoms with van der Waals surface area (Å²) in [5.74, 6) is 0. The highest BCUT2D eigenvalue weighted by Crippen LogP contribution is 2.49. The van der Waals surface area contributed by atoms with E-state index >= 15 is 0 Å². The lowest BCUT2D eigenvalue weighted by Gasteiger charge is -2.59. The van der Waals surface area contributed by atoms with E-state index in [1.165, 1.54) is 44.3 Å². The Labute approximate surface area is 120 Å². The molecule has 1 N–H and O–H groups in total. The van der Waals surface area contributed by atoms with Crippen LogP contribution in [0.15, 0.2) is 24.3 Å². The molecule has 4 rings (SSSR count). The molecule has 0 aromatic heterocycles. The number of aldehydes is 1. The van der Waals surface area contributed by atoms with Crippen molar-refractivity contribution >= 4 is 6.29 Å². The molecule has 0 amide bonds. The molecule has 1 saturated heterocycles. The lowest BCUT2D eigenvalue weighted by Crippen LogP contribution is -2.65. The molecule has 1 aromatic carbocycles. The average molecular weight is 270 g/mol. The summed E-state index contributed by atoms with van der Waals surface area (Å²) in [6.45, 7) is 3.35. The molecule has 2 saturated carbocycles. The predicted octanol–water partition coefficient (Wildman–Crippen LogP) is 2.22. The summed E-state index contributed by atoms with van der Waals surface area (Å²) in [5.41, 5.74) is 2.61. The molecule has 0 atom stereocenters. The monoisotopic (exact) mass is 270 g/mol. The quantitative estimate of drug-likeness (QED) is 0.833. The molecule has 3 fully saturated rings. The second-order valence-corrected chi connectivity index (χ2v) is 7.01. The number of likely N-dealkylation sites (tertiary alicyclic amines) is 1. The predicted molar refractivity (Wildman–Crippen MR) is 78.7 cm³/mol. The Hall–Kier alpha value is -1.19. The van der Waals surface area contributed by atoms with Crippen LogP contribution >= 0.6 is 0 Å². The second-order valence-electron chi connectivity index (χ2n) is 7.01. The van der Waals surface area contributed by atoms with Crippen molar-refractivity contribution in [2.45, 2.75) is 44.3 Å². The third kappa shape index (κ3) is 2.29. The van der Waals surface area contributed by atoms with Gasteiger partial charge in [0.2, 0.25) is 0 Å². The lowest BCUT2D eigenvalue weighted by molar-refractivity contribution is -0.0832. The summed E-state index contributed by atoms with van der Waals surface area (Å²) in [7, 11) is 0. The van der Waals surface area contributed by atoms with E-state index in [9.17, 15) is 4.79 Å². The zero-order valence-electron chi connectivity index (χ0n) is 11.8. The van der Waals surface area contributed by atoms with E-state index in [4.69, 9.17) is 0 Å². The summed E-state index contributed by atoms with van der Waals surface area (Å²) < 4.78 is 0. The van der Waals surface area contributed by atoms with Crippen molar-refractivity contribution in [2.75, 3.05) is 13.1 Å². The molecule has 3 nitrogen and oxygen atoms in total. The van der Waals surface area contributed by atoms with Gasteiger partial charge in [0.1, 0.15) is 6.29 Å². The van der Waals surface area contributed by atoms with Crippen LogP contribution in [0.25, 0.3) is 0 Å². The van der Waals surface area contributed by atoms with Gasteiger partial charge >= 0.3 is 0 Å². The molecule has 20 heavy (non-hydrogen) atoms. The number of nitrogens with one attached hydrogen (secondary N) is 1. The molecule has 1 spiro atoms. The first-order valence-electron chi connectivity index (χ1n) is 7.78. The van der Waals surface area contributed by atoms with Crippen LogP contribution in [0.2, 0.25) is 0 Å². The number of carbonyl (C=O) groups is 1. The van der Waals surface area contributed by atoms with Gasteiger partial charge in [-0.25, -0.2) is 0 Å². The van der Waals surface area contributed by atoms with Crippen LogP contribution in [0.1, 0.15) is 41.6 Å². The second kappa shape index (κ2) is 4.68. The van der Waals surface area contributed by atoms with Gasteiger partial charge in [0.25, 0.3) is 0 Å². The van der Waals surface area contributed by atoms with Crippen molar-refractivity contribution in [3.63, 3.8) is 0 Å². The average Bonchev–Trinajstić information content (AvgIpc) is 3.18. The molecule has 2 aliphatic carbocycles. The standard InChI is InChI=1S/C17H22N2O/c20-10-14-4-2-1-3-13(14)9-19-11-17(12-19)7-16(8-17)18-15-5-6-15/h1-4,10,15-16,18H,5-9,11-12H2. The number of nitrogens with zero attached hydrogens (tertiary/aromatic N) is 1.